The van der Waals surface area contributed by atoms with Crippen molar-refractivity contribution in [1.82, 2.24) is 15.1 Å². The van der Waals surface area contributed by atoms with E-state index in [2.05, 4.69) is 15.1 Å². The molecule has 0 aliphatic heterocycles. The van der Waals surface area contributed by atoms with Crippen LogP contribution in [0.1, 0.15) is 16.3 Å². The van der Waals surface area contributed by atoms with E-state index in [1.165, 1.54) is 0 Å². The standard InChI is InChI=1S/C16H11N3O3S/c20-16(13-7-10-3-1-2-4-12(10)17-13)21-8-14-18-15(22-19-14)11-5-6-23-9-11/h1-7,9,17H,8H2. The molecule has 114 valence electrons. The lowest BCUT2D eigenvalue weighted by Crippen LogP contribution is -2.06. The first-order valence-electron chi connectivity index (χ1n) is 6.89. The third-order valence-electron chi connectivity index (χ3n) is 3.32. The van der Waals surface area contributed by atoms with Crippen LogP contribution in [-0.4, -0.2) is 21.1 Å². The summed E-state index contributed by atoms with van der Waals surface area (Å²) < 4.78 is 10.4. The summed E-state index contributed by atoms with van der Waals surface area (Å²) >= 11 is 1.54. The zero-order valence-corrected chi connectivity index (χ0v) is 12.7. The van der Waals surface area contributed by atoms with E-state index in [1.807, 2.05) is 41.1 Å². The number of nitrogens with zero attached hydrogens (tertiary/aromatic N) is 2. The van der Waals surface area contributed by atoms with Gasteiger partial charge < -0.3 is 14.2 Å². The van der Waals surface area contributed by atoms with Crippen molar-refractivity contribution in [2.24, 2.45) is 0 Å². The van der Waals surface area contributed by atoms with Gasteiger partial charge in [-0.05, 0) is 23.6 Å². The SMILES string of the molecule is O=C(OCc1noc(-c2ccsc2)n1)c1cc2ccccc2[nH]1. The third kappa shape index (κ3) is 2.74. The first-order valence-corrected chi connectivity index (χ1v) is 7.84. The predicted molar refractivity (Wildman–Crippen MR) is 85.0 cm³/mol. The van der Waals surface area contributed by atoms with E-state index in [4.69, 9.17) is 9.26 Å². The summed E-state index contributed by atoms with van der Waals surface area (Å²) in [5.41, 5.74) is 2.14. The largest absolute Gasteiger partial charge is 0.453 e. The van der Waals surface area contributed by atoms with E-state index < -0.39 is 5.97 Å². The number of para-hydroxylation sites is 1. The number of rotatable bonds is 4. The summed E-state index contributed by atoms with van der Waals surface area (Å²) in [6.07, 6.45) is 0. The highest BCUT2D eigenvalue weighted by atomic mass is 32.1. The maximum Gasteiger partial charge on any atom is 0.355 e. The van der Waals surface area contributed by atoms with E-state index >= 15 is 0 Å². The number of nitrogens with one attached hydrogen (secondary N) is 1. The number of fused-ring (bicyclic) bond motifs is 1. The molecule has 0 saturated carbocycles. The highest BCUT2D eigenvalue weighted by Gasteiger charge is 2.14. The highest BCUT2D eigenvalue weighted by molar-refractivity contribution is 7.08. The number of hydrogen-bond donors (Lipinski definition) is 1. The summed E-state index contributed by atoms with van der Waals surface area (Å²) in [4.78, 5) is 19.3. The fourth-order valence-electron chi connectivity index (χ4n) is 2.21. The average molecular weight is 325 g/mol. The van der Waals surface area contributed by atoms with Gasteiger partial charge in [0.1, 0.15) is 5.69 Å². The van der Waals surface area contributed by atoms with E-state index in [0.717, 1.165) is 16.5 Å². The molecule has 0 amide bonds. The Morgan fingerprint density at radius 2 is 2.22 bits per heavy atom. The zero-order valence-electron chi connectivity index (χ0n) is 11.9. The van der Waals surface area contributed by atoms with Gasteiger partial charge in [0.25, 0.3) is 5.89 Å². The van der Waals surface area contributed by atoms with Gasteiger partial charge in [-0.1, -0.05) is 23.4 Å². The molecule has 3 aromatic heterocycles. The van der Waals surface area contributed by atoms with Crippen LogP contribution in [0.25, 0.3) is 22.4 Å². The smallest absolute Gasteiger partial charge is 0.355 e. The summed E-state index contributed by atoms with van der Waals surface area (Å²) in [6, 6.07) is 11.3. The number of H-pyrrole nitrogens is 1. The lowest BCUT2D eigenvalue weighted by Gasteiger charge is -1.98. The maximum atomic E-state index is 12.1. The molecule has 0 radical (unpaired) electrons. The molecule has 0 aliphatic rings. The van der Waals surface area contributed by atoms with Gasteiger partial charge in [0.2, 0.25) is 5.82 Å². The fraction of sp³-hybridized carbons (Fsp3) is 0.0625. The van der Waals surface area contributed by atoms with Crippen LogP contribution in [0.15, 0.2) is 51.7 Å². The van der Waals surface area contributed by atoms with Crippen molar-refractivity contribution in [3.05, 3.63) is 58.7 Å². The molecule has 4 aromatic rings. The molecule has 0 aliphatic carbocycles. The van der Waals surface area contributed by atoms with Gasteiger partial charge in [-0.3, -0.25) is 0 Å². The molecule has 7 heteroatoms. The van der Waals surface area contributed by atoms with Crippen LogP contribution in [0.2, 0.25) is 0 Å². The van der Waals surface area contributed by atoms with Crippen LogP contribution >= 0.6 is 11.3 Å². The Labute approximate surface area is 134 Å². The lowest BCUT2D eigenvalue weighted by atomic mass is 10.2. The topological polar surface area (TPSA) is 81.0 Å². The second-order valence-corrected chi connectivity index (χ2v) is 5.65. The Hall–Kier alpha value is -2.93. The molecular formula is C16H11N3O3S. The molecule has 0 unspecified atom stereocenters. The molecule has 1 aromatic carbocycles. The molecule has 0 fully saturated rings. The predicted octanol–water partition coefficient (Wildman–Crippen LogP) is 3.64. The Bertz CT molecular complexity index is 923. The minimum absolute atomic E-state index is 0.0398. The van der Waals surface area contributed by atoms with Gasteiger partial charge >= 0.3 is 5.97 Å². The normalized spacial score (nSPS) is 11.0. The monoisotopic (exact) mass is 325 g/mol. The molecule has 1 N–H and O–H groups in total. The van der Waals surface area contributed by atoms with Gasteiger partial charge in [0, 0.05) is 16.3 Å². The number of aromatic amines is 1. The minimum atomic E-state index is -0.455. The Morgan fingerprint density at radius 1 is 1.30 bits per heavy atom. The Balaban J connectivity index is 1.45. The van der Waals surface area contributed by atoms with Gasteiger partial charge in [-0.15, -0.1) is 0 Å². The fourth-order valence-corrected chi connectivity index (χ4v) is 2.84. The van der Waals surface area contributed by atoms with Crippen molar-refractivity contribution < 1.29 is 14.1 Å². The molecule has 0 bridgehead atoms. The van der Waals surface area contributed by atoms with Gasteiger partial charge in [-0.25, -0.2) is 4.79 Å². The van der Waals surface area contributed by atoms with Crippen molar-refractivity contribution in [3.8, 4) is 11.5 Å². The average Bonchev–Trinajstić information content (AvgIpc) is 3.31. The summed E-state index contributed by atoms with van der Waals surface area (Å²) in [5.74, 6) is 0.293. The van der Waals surface area contributed by atoms with Gasteiger partial charge in [0.15, 0.2) is 6.61 Å². The number of carbonyl (C=O) groups excluding carboxylic acids is 1. The first-order chi connectivity index (χ1) is 11.3. The number of carbonyl (C=O) groups is 1. The van der Waals surface area contributed by atoms with Crippen LogP contribution < -0.4 is 0 Å². The van der Waals surface area contributed by atoms with E-state index in [9.17, 15) is 4.79 Å². The molecule has 4 rings (SSSR count). The number of aromatic nitrogens is 3. The summed E-state index contributed by atoms with van der Waals surface area (Å²) in [7, 11) is 0. The summed E-state index contributed by atoms with van der Waals surface area (Å²) in [6.45, 7) is -0.0398. The highest BCUT2D eigenvalue weighted by Crippen LogP contribution is 2.20. The first kappa shape index (κ1) is 13.7. The lowest BCUT2D eigenvalue weighted by molar-refractivity contribution is 0.0454. The van der Waals surface area contributed by atoms with E-state index in [1.54, 1.807) is 17.4 Å². The Kier molecular flexibility index (Phi) is 3.39. The Morgan fingerprint density at radius 3 is 3.04 bits per heavy atom. The molecule has 3 heterocycles. The van der Waals surface area contributed by atoms with Crippen molar-refractivity contribution in [2.45, 2.75) is 6.61 Å². The number of thiophene rings is 1. The van der Waals surface area contributed by atoms with Gasteiger partial charge in [0.05, 0.1) is 5.56 Å². The quantitative estimate of drug-likeness (QED) is 0.579. The zero-order chi connectivity index (χ0) is 15.6. The van der Waals surface area contributed by atoms with Crippen LogP contribution in [0.3, 0.4) is 0 Å². The van der Waals surface area contributed by atoms with Gasteiger partial charge in [-0.2, -0.15) is 16.3 Å². The molecule has 0 spiro atoms. The molecular weight excluding hydrogens is 314 g/mol. The van der Waals surface area contributed by atoms with Crippen LogP contribution in [-0.2, 0) is 11.3 Å². The maximum absolute atomic E-state index is 12.1. The van der Waals surface area contributed by atoms with Crippen LogP contribution in [0, 0.1) is 0 Å². The molecule has 23 heavy (non-hydrogen) atoms. The van der Waals surface area contributed by atoms with Crippen molar-refractivity contribution in [3.63, 3.8) is 0 Å². The second kappa shape index (κ2) is 5.69. The number of hydrogen-bond acceptors (Lipinski definition) is 6. The van der Waals surface area contributed by atoms with Crippen LogP contribution in [0.5, 0.6) is 0 Å². The van der Waals surface area contributed by atoms with Crippen molar-refractivity contribution >= 4 is 28.2 Å². The number of benzene rings is 1. The van der Waals surface area contributed by atoms with Crippen LogP contribution in [0.4, 0.5) is 0 Å². The molecule has 6 nitrogen and oxygen atoms in total. The van der Waals surface area contributed by atoms with Crippen molar-refractivity contribution in [1.29, 1.82) is 0 Å². The van der Waals surface area contributed by atoms with E-state index in [0.29, 0.717) is 17.4 Å². The van der Waals surface area contributed by atoms with E-state index in [-0.39, 0.29) is 6.61 Å². The van der Waals surface area contributed by atoms with Crippen molar-refractivity contribution in [2.75, 3.05) is 0 Å². The second-order valence-electron chi connectivity index (χ2n) is 4.87. The minimum Gasteiger partial charge on any atom is -0.453 e. The number of ether oxygens (including phenoxy) is 1. The third-order valence-corrected chi connectivity index (χ3v) is 4.00. The number of esters is 1. The molecule has 0 atom stereocenters. The summed E-state index contributed by atoms with van der Waals surface area (Å²) in [5, 5.41) is 8.61. The molecule has 0 saturated heterocycles.